The molecule has 3 heterocycles. The predicted molar refractivity (Wildman–Crippen MR) is 112 cm³/mol. The number of nitrogens with zero attached hydrogens (tertiary/aromatic N) is 6. The normalized spacial score (nSPS) is 14.1. The summed E-state index contributed by atoms with van der Waals surface area (Å²) in [6.45, 7) is 5.65. The van der Waals surface area contributed by atoms with Crippen LogP contribution in [0.2, 0.25) is 0 Å². The lowest BCUT2D eigenvalue weighted by atomic mass is 10.1. The molecule has 3 rings (SSSR count). The molecular formula is C19H28N6O3S. The first-order chi connectivity index (χ1) is 14.2. The van der Waals surface area contributed by atoms with Crippen molar-refractivity contribution in [3.8, 4) is 0 Å². The van der Waals surface area contributed by atoms with Gasteiger partial charge in [0.15, 0.2) is 0 Å². The minimum absolute atomic E-state index is 0.146. The van der Waals surface area contributed by atoms with E-state index in [1.165, 1.54) is 18.6 Å². The molecular weight excluding hydrogens is 392 g/mol. The topological polar surface area (TPSA) is 93.6 Å². The van der Waals surface area contributed by atoms with Crippen molar-refractivity contribution in [2.75, 3.05) is 49.8 Å². The van der Waals surface area contributed by atoms with Gasteiger partial charge in [0, 0.05) is 43.8 Å². The van der Waals surface area contributed by atoms with Crippen molar-refractivity contribution in [1.29, 1.82) is 0 Å². The lowest BCUT2D eigenvalue weighted by molar-refractivity contribution is -0.140. The molecule has 2 aromatic heterocycles. The molecule has 0 unspecified atom stereocenters. The third kappa shape index (κ3) is 6.33. The number of hydrogen-bond acceptors (Lipinski definition) is 10. The Balaban J connectivity index is 1.64. The highest BCUT2D eigenvalue weighted by atomic mass is 32.1. The Kier molecular flexibility index (Phi) is 8.12. The Bertz CT molecular complexity index is 781. The first-order valence-electron chi connectivity index (χ1n) is 9.98. The zero-order chi connectivity index (χ0) is 20.5. The maximum absolute atomic E-state index is 11.2. The average Bonchev–Trinajstić information content (AvgIpc) is 3.19. The van der Waals surface area contributed by atoms with E-state index in [1.807, 2.05) is 13.0 Å². The maximum Gasteiger partial charge on any atom is 0.305 e. The first-order valence-corrected chi connectivity index (χ1v) is 10.7. The highest BCUT2D eigenvalue weighted by Crippen LogP contribution is 2.27. The van der Waals surface area contributed by atoms with Crippen LogP contribution in [-0.4, -0.2) is 65.3 Å². The van der Waals surface area contributed by atoms with Gasteiger partial charge >= 0.3 is 5.97 Å². The van der Waals surface area contributed by atoms with Crippen molar-refractivity contribution >= 4 is 34.4 Å². The number of aryl methyl sites for hydroxylation is 1. The van der Waals surface area contributed by atoms with Crippen LogP contribution in [0.5, 0.6) is 0 Å². The molecule has 1 fully saturated rings. The fourth-order valence-corrected chi connectivity index (χ4v) is 3.81. The number of carbonyl (C=O) groups is 1. The number of unbranched alkanes of at least 4 members (excludes halogenated alkanes) is 3. The van der Waals surface area contributed by atoms with E-state index < -0.39 is 0 Å². The Morgan fingerprint density at radius 1 is 1.24 bits per heavy atom. The molecule has 0 radical (unpaired) electrons. The van der Waals surface area contributed by atoms with Crippen LogP contribution in [-0.2, 0) is 14.3 Å². The summed E-state index contributed by atoms with van der Waals surface area (Å²) in [5, 5.41) is 0.837. The van der Waals surface area contributed by atoms with Crippen molar-refractivity contribution in [3.05, 3.63) is 18.1 Å². The van der Waals surface area contributed by atoms with E-state index in [9.17, 15) is 4.79 Å². The molecule has 29 heavy (non-hydrogen) atoms. The Morgan fingerprint density at radius 2 is 2.03 bits per heavy atom. The van der Waals surface area contributed by atoms with Gasteiger partial charge in [-0.05, 0) is 25.8 Å². The van der Waals surface area contributed by atoms with Gasteiger partial charge in [0.1, 0.15) is 11.6 Å². The summed E-state index contributed by atoms with van der Waals surface area (Å²) in [6.07, 6.45) is 6.10. The molecule has 0 aliphatic carbocycles. The van der Waals surface area contributed by atoms with Crippen LogP contribution in [0.25, 0.3) is 0 Å². The number of aromatic nitrogens is 4. The third-order valence-corrected chi connectivity index (χ3v) is 5.52. The van der Waals surface area contributed by atoms with Gasteiger partial charge in [0.2, 0.25) is 11.1 Å². The number of hydrogen-bond donors (Lipinski definition) is 0. The SMILES string of the molecule is COC(=O)CCCCCCN(c1ccnc(N2CCOCC2)n1)c1nc(C)ns1. The van der Waals surface area contributed by atoms with E-state index in [0.717, 1.165) is 68.0 Å². The van der Waals surface area contributed by atoms with Crippen molar-refractivity contribution < 1.29 is 14.3 Å². The second kappa shape index (κ2) is 11.0. The number of morpholine rings is 1. The lowest BCUT2D eigenvalue weighted by Gasteiger charge is -2.28. The molecule has 1 saturated heterocycles. The van der Waals surface area contributed by atoms with Crippen molar-refractivity contribution in [2.45, 2.75) is 39.0 Å². The summed E-state index contributed by atoms with van der Waals surface area (Å²) in [4.78, 5) is 29.3. The van der Waals surface area contributed by atoms with Crippen LogP contribution in [0, 0.1) is 6.92 Å². The number of anilines is 3. The molecule has 0 atom stereocenters. The van der Waals surface area contributed by atoms with Crippen molar-refractivity contribution in [2.24, 2.45) is 0 Å². The molecule has 1 aliphatic rings. The number of rotatable bonds is 10. The van der Waals surface area contributed by atoms with E-state index >= 15 is 0 Å². The van der Waals surface area contributed by atoms with Gasteiger partial charge in [-0.15, -0.1) is 0 Å². The molecule has 0 spiro atoms. The number of methoxy groups -OCH3 is 1. The summed E-state index contributed by atoms with van der Waals surface area (Å²) in [7, 11) is 1.43. The molecule has 0 aromatic carbocycles. The van der Waals surface area contributed by atoms with E-state index in [4.69, 9.17) is 9.72 Å². The lowest BCUT2D eigenvalue weighted by Crippen LogP contribution is -2.37. The molecule has 10 heteroatoms. The largest absolute Gasteiger partial charge is 0.469 e. The fourth-order valence-electron chi connectivity index (χ4n) is 3.10. The summed E-state index contributed by atoms with van der Waals surface area (Å²) in [5.74, 6) is 2.16. The number of esters is 1. The minimum atomic E-state index is -0.146. The summed E-state index contributed by atoms with van der Waals surface area (Å²) >= 11 is 1.38. The Labute approximate surface area is 175 Å². The number of carbonyl (C=O) groups excluding carboxylic acids is 1. The predicted octanol–water partition coefficient (Wildman–Crippen LogP) is 2.73. The number of ether oxygens (including phenoxy) is 2. The highest BCUT2D eigenvalue weighted by Gasteiger charge is 2.19. The van der Waals surface area contributed by atoms with Crippen molar-refractivity contribution in [3.63, 3.8) is 0 Å². The smallest absolute Gasteiger partial charge is 0.305 e. The van der Waals surface area contributed by atoms with Crippen LogP contribution >= 0.6 is 11.5 Å². The van der Waals surface area contributed by atoms with Gasteiger partial charge in [0.25, 0.3) is 0 Å². The van der Waals surface area contributed by atoms with Gasteiger partial charge < -0.3 is 19.3 Å². The maximum atomic E-state index is 11.2. The average molecular weight is 421 g/mol. The second-order valence-electron chi connectivity index (χ2n) is 6.83. The van der Waals surface area contributed by atoms with Gasteiger partial charge in [0.05, 0.1) is 20.3 Å². The van der Waals surface area contributed by atoms with Gasteiger partial charge in [-0.2, -0.15) is 9.36 Å². The standard InChI is InChI=1S/C19H28N6O3S/c1-15-21-19(29-23-15)25(10-6-4-3-5-7-17(26)27-2)16-8-9-20-18(22-16)24-11-13-28-14-12-24/h8-9H,3-7,10-14H2,1-2H3. The van der Waals surface area contributed by atoms with Crippen LogP contribution in [0.3, 0.4) is 0 Å². The van der Waals surface area contributed by atoms with Crippen LogP contribution < -0.4 is 9.80 Å². The van der Waals surface area contributed by atoms with E-state index in [1.54, 1.807) is 6.20 Å². The molecule has 158 valence electrons. The minimum Gasteiger partial charge on any atom is -0.469 e. The highest BCUT2D eigenvalue weighted by molar-refractivity contribution is 7.09. The Morgan fingerprint density at radius 3 is 2.76 bits per heavy atom. The zero-order valence-electron chi connectivity index (χ0n) is 17.0. The molecule has 1 aliphatic heterocycles. The zero-order valence-corrected chi connectivity index (χ0v) is 17.9. The van der Waals surface area contributed by atoms with Gasteiger partial charge in [-0.3, -0.25) is 4.79 Å². The quantitative estimate of drug-likeness (QED) is 0.425. The molecule has 9 nitrogen and oxygen atoms in total. The third-order valence-electron chi connectivity index (χ3n) is 4.69. The molecule has 0 N–H and O–H groups in total. The van der Waals surface area contributed by atoms with E-state index in [0.29, 0.717) is 19.6 Å². The molecule has 0 saturated carbocycles. The monoisotopic (exact) mass is 420 g/mol. The summed E-state index contributed by atoms with van der Waals surface area (Å²) in [6, 6.07) is 1.91. The first kappa shape index (κ1) is 21.4. The fraction of sp³-hybridized carbons (Fsp3) is 0.632. The van der Waals surface area contributed by atoms with E-state index in [-0.39, 0.29) is 5.97 Å². The molecule has 0 bridgehead atoms. The van der Waals surface area contributed by atoms with Crippen LogP contribution in [0.15, 0.2) is 12.3 Å². The summed E-state index contributed by atoms with van der Waals surface area (Å²) < 4.78 is 14.4. The van der Waals surface area contributed by atoms with Crippen LogP contribution in [0.4, 0.5) is 16.9 Å². The van der Waals surface area contributed by atoms with Crippen molar-refractivity contribution in [1.82, 2.24) is 19.3 Å². The van der Waals surface area contributed by atoms with Crippen LogP contribution in [0.1, 0.15) is 37.9 Å². The van der Waals surface area contributed by atoms with Gasteiger partial charge in [-0.25, -0.2) is 9.97 Å². The molecule has 0 amide bonds. The van der Waals surface area contributed by atoms with Gasteiger partial charge in [-0.1, -0.05) is 12.8 Å². The second-order valence-corrected chi connectivity index (χ2v) is 7.56. The molecule has 2 aromatic rings. The Hall–Kier alpha value is -2.33. The summed E-state index contributed by atoms with van der Waals surface area (Å²) in [5.41, 5.74) is 0. The van der Waals surface area contributed by atoms with E-state index in [2.05, 4.69) is 28.9 Å².